The number of aromatic amines is 1. The molecule has 3 heterocycles. The summed E-state index contributed by atoms with van der Waals surface area (Å²) < 4.78 is 62.0. The SMILES string of the molecule is O=C(CC1(COC(F)F)CC1)c1noc2c1CN(C(=O)c1cc3c(F)c(F)ccc3[nH]1)CC2. The van der Waals surface area contributed by atoms with Gasteiger partial charge in [-0.1, -0.05) is 5.16 Å². The highest BCUT2D eigenvalue weighted by molar-refractivity contribution is 5.99. The molecule has 174 valence electrons. The standard InChI is InChI=1S/C22H19F4N3O4/c23-13-1-2-14-11(18(13)24)7-15(27-14)20(31)29-6-3-17-12(9-29)19(28-33-17)16(30)8-22(4-5-22)10-32-21(25)26/h1-2,7,21,27H,3-6,8-10H2. The monoisotopic (exact) mass is 465 g/mol. The average molecular weight is 465 g/mol. The predicted molar refractivity (Wildman–Crippen MR) is 106 cm³/mol. The fourth-order valence-corrected chi connectivity index (χ4v) is 4.24. The Hall–Kier alpha value is -3.21. The van der Waals surface area contributed by atoms with Crippen molar-refractivity contribution in [3.63, 3.8) is 0 Å². The molecule has 11 heteroatoms. The number of halogens is 4. The molecule has 1 amide bonds. The molecule has 5 rings (SSSR count). The van der Waals surface area contributed by atoms with Gasteiger partial charge < -0.3 is 19.1 Å². The average Bonchev–Trinajstić information content (AvgIpc) is 3.21. The molecule has 2 aliphatic rings. The fraction of sp³-hybridized carbons (Fsp3) is 0.409. The lowest BCUT2D eigenvalue weighted by atomic mass is 9.95. The van der Waals surface area contributed by atoms with Crippen molar-refractivity contribution < 1.29 is 36.4 Å². The summed E-state index contributed by atoms with van der Waals surface area (Å²) >= 11 is 0. The third-order valence-corrected chi connectivity index (χ3v) is 6.31. The Morgan fingerprint density at radius 2 is 2.06 bits per heavy atom. The summed E-state index contributed by atoms with van der Waals surface area (Å²) in [6.07, 6.45) is 1.53. The summed E-state index contributed by atoms with van der Waals surface area (Å²) in [5.74, 6) is -2.36. The van der Waals surface area contributed by atoms with E-state index in [1.165, 1.54) is 17.0 Å². The molecule has 0 saturated heterocycles. The first-order valence-corrected chi connectivity index (χ1v) is 10.4. The Bertz CT molecular complexity index is 1250. The van der Waals surface area contributed by atoms with Crippen LogP contribution in [0.4, 0.5) is 17.6 Å². The van der Waals surface area contributed by atoms with Crippen LogP contribution in [0, 0.1) is 17.0 Å². The highest BCUT2D eigenvalue weighted by Crippen LogP contribution is 2.50. The van der Waals surface area contributed by atoms with Crippen molar-refractivity contribution >= 4 is 22.6 Å². The highest BCUT2D eigenvalue weighted by Gasteiger charge is 2.46. The maximum atomic E-state index is 14.0. The first-order chi connectivity index (χ1) is 15.8. The van der Waals surface area contributed by atoms with Crippen LogP contribution >= 0.6 is 0 Å². The second-order valence-corrected chi connectivity index (χ2v) is 8.59. The zero-order valence-corrected chi connectivity index (χ0v) is 17.3. The molecule has 0 unspecified atom stereocenters. The van der Waals surface area contributed by atoms with Gasteiger partial charge in [0.1, 0.15) is 11.5 Å². The van der Waals surface area contributed by atoms with E-state index >= 15 is 0 Å². The molecule has 7 nitrogen and oxygen atoms in total. The van der Waals surface area contributed by atoms with Crippen LogP contribution in [0.15, 0.2) is 22.7 Å². The summed E-state index contributed by atoms with van der Waals surface area (Å²) in [5, 5.41) is 3.85. The van der Waals surface area contributed by atoms with Gasteiger partial charge in [0.2, 0.25) is 0 Å². The molecular weight excluding hydrogens is 446 g/mol. The number of carbonyl (C=O) groups is 2. The number of rotatable bonds is 7. The zero-order chi connectivity index (χ0) is 23.3. The molecule has 2 aromatic heterocycles. The quantitative estimate of drug-likeness (QED) is 0.417. The minimum atomic E-state index is -2.90. The van der Waals surface area contributed by atoms with E-state index in [1.807, 2.05) is 0 Å². The van der Waals surface area contributed by atoms with Gasteiger partial charge in [0.25, 0.3) is 5.91 Å². The smallest absolute Gasteiger partial charge is 0.345 e. The van der Waals surface area contributed by atoms with E-state index in [4.69, 9.17) is 4.52 Å². The van der Waals surface area contributed by atoms with Gasteiger partial charge in [-0.15, -0.1) is 0 Å². The summed E-state index contributed by atoms with van der Waals surface area (Å²) in [4.78, 5) is 30.1. The summed E-state index contributed by atoms with van der Waals surface area (Å²) in [7, 11) is 0. The van der Waals surface area contributed by atoms with Gasteiger partial charge >= 0.3 is 6.61 Å². The molecular formula is C22H19F4N3O4. The second kappa shape index (κ2) is 7.98. The van der Waals surface area contributed by atoms with Crippen molar-refractivity contribution in [2.45, 2.75) is 38.8 Å². The number of Topliss-reactive ketones (excluding diaryl/α,β-unsaturated/α-hetero) is 1. The number of hydrogen-bond donors (Lipinski definition) is 1. The molecule has 0 atom stereocenters. The molecule has 33 heavy (non-hydrogen) atoms. The van der Waals surface area contributed by atoms with Crippen LogP contribution in [0.25, 0.3) is 10.9 Å². The van der Waals surface area contributed by atoms with Gasteiger partial charge in [-0.05, 0) is 31.0 Å². The lowest BCUT2D eigenvalue weighted by Crippen LogP contribution is -2.36. The predicted octanol–water partition coefficient (Wildman–Crippen LogP) is 4.22. The fourth-order valence-electron chi connectivity index (χ4n) is 4.24. The van der Waals surface area contributed by atoms with Gasteiger partial charge in [0, 0.05) is 41.3 Å². The first kappa shape index (κ1) is 21.6. The molecule has 1 aliphatic heterocycles. The van der Waals surface area contributed by atoms with E-state index in [2.05, 4.69) is 14.9 Å². The number of H-pyrrole nitrogens is 1. The highest BCUT2D eigenvalue weighted by atomic mass is 19.3. The van der Waals surface area contributed by atoms with Crippen LogP contribution in [0.5, 0.6) is 0 Å². The van der Waals surface area contributed by atoms with E-state index in [1.54, 1.807) is 0 Å². The van der Waals surface area contributed by atoms with Crippen LogP contribution in [0.2, 0.25) is 0 Å². The second-order valence-electron chi connectivity index (χ2n) is 8.59. The van der Waals surface area contributed by atoms with E-state index in [-0.39, 0.29) is 54.2 Å². The van der Waals surface area contributed by atoms with Crippen molar-refractivity contribution in [1.29, 1.82) is 0 Å². The van der Waals surface area contributed by atoms with Gasteiger partial charge in [-0.3, -0.25) is 9.59 Å². The van der Waals surface area contributed by atoms with E-state index in [0.29, 0.717) is 30.6 Å². The number of aromatic nitrogens is 2. The van der Waals surface area contributed by atoms with Crippen molar-refractivity contribution in [1.82, 2.24) is 15.0 Å². The maximum absolute atomic E-state index is 14.0. The Morgan fingerprint density at radius 3 is 2.79 bits per heavy atom. The molecule has 3 aromatic rings. The van der Waals surface area contributed by atoms with Gasteiger partial charge in [-0.2, -0.15) is 8.78 Å². The molecule has 0 bridgehead atoms. The number of amides is 1. The van der Waals surface area contributed by atoms with Crippen LogP contribution in [0.3, 0.4) is 0 Å². The normalized spacial score (nSPS) is 16.9. The van der Waals surface area contributed by atoms with Crippen molar-refractivity contribution in [2.24, 2.45) is 5.41 Å². The summed E-state index contributed by atoms with van der Waals surface area (Å²) in [5.41, 5.74) is 0.307. The minimum Gasteiger partial charge on any atom is -0.360 e. The Morgan fingerprint density at radius 1 is 1.27 bits per heavy atom. The number of nitrogens with zero attached hydrogens (tertiary/aromatic N) is 2. The summed E-state index contributed by atoms with van der Waals surface area (Å²) in [6.45, 7) is -2.77. The topological polar surface area (TPSA) is 88.4 Å². The number of fused-ring (bicyclic) bond motifs is 2. The third kappa shape index (κ3) is 4.01. The molecule has 1 N–H and O–H groups in total. The molecule has 1 saturated carbocycles. The van der Waals surface area contributed by atoms with Crippen LogP contribution in [-0.4, -0.2) is 46.5 Å². The number of hydrogen-bond acceptors (Lipinski definition) is 5. The maximum Gasteiger partial charge on any atom is 0.345 e. The third-order valence-electron chi connectivity index (χ3n) is 6.31. The Balaban J connectivity index is 1.33. The van der Waals surface area contributed by atoms with Crippen LogP contribution < -0.4 is 0 Å². The van der Waals surface area contributed by atoms with Gasteiger partial charge in [0.15, 0.2) is 23.1 Å². The van der Waals surface area contributed by atoms with Crippen molar-refractivity contribution in [3.8, 4) is 0 Å². The van der Waals surface area contributed by atoms with Crippen LogP contribution in [0.1, 0.15) is 51.6 Å². The number of alkyl halides is 2. The minimum absolute atomic E-state index is 0.000498. The molecule has 1 fully saturated rings. The van der Waals surface area contributed by atoms with E-state index in [9.17, 15) is 27.2 Å². The largest absolute Gasteiger partial charge is 0.360 e. The van der Waals surface area contributed by atoms with Crippen molar-refractivity contribution in [3.05, 3.63) is 52.5 Å². The number of carbonyl (C=O) groups excluding carboxylic acids is 2. The zero-order valence-electron chi connectivity index (χ0n) is 17.3. The first-order valence-electron chi connectivity index (χ1n) is 10.4. The number of nitrogens with one attached hydrogen (secondary N) is 1. The molecule has 0 radical (unpaired) electrons. The number of ether oxygens (including phenoxy) is 1. The summed E-state index contributed by atoms with van der Waals surface area (Å²) in [6, 6.07) is 3.58. The van der Waals surface area contributed by atoms with E-state index in [0.717, 1.165) is 6.07 Å². The number of benzene rings is 1. The Kier molecular flexibility index (Phi) is 5.23. The Labute approximate surface area is 184 Å². The number of ketones is 1. The molecule has 1 aliphatic carbocycles. The van der Waals surface area contributed by atoms with Crippen LogP contribution in [-0.2, 0) is 17.7 Å². The van der Waals surface area contributed by atoms with Gasteiger partial charge in [0.05, 0.1) is 13.2 Å². The van der Waals surface area contributed by atoms with Gasteiger partial charge in [-0.25, -0.2) is 8.78 Å². The molecule has 0 spiro atoms. The molecule has 1 aromatic carbocycles. The van der Waals surface area contributed by atoms with E-state index < -0.39 is 29.6 Å². The lowest BCUT2D eigenvalue weighted by molar-refractivity contribution is -0.140. The lowest BCUT2D eigenvalue weighted by Gasteiger charge is -2.25. The van der Waals surface area contributed by atoms with Crippen molar-refractivity contribution in [2.75, 3.05) is 13.2 Å².